The molecule has 4 nitrogen and oxygen atoms in total. The zero-order valence-corrected chi connectivity index (χ0v) is 13.5. The smallest absolute Gasteiger partial charge is 0.237 e. The standard InChI is InChI=1S/C16H24N2O2S/c1-17(12-16(20)6-2-3-7-16)11-15(19)18-8-4-14-13(10-18)5-9-21-14/h5,9,20H,2-4,6-8,10-12H2,1H3. The van der Waals surface area contributed by atoms with Crippen LogP contribution in [0, 0.1) is 0 Å². The number of carbonyl (C=O) groups excluding carboxylic acids is 1. The van der Waals surface area contributed by atoms with Gasteiger partial charge in [-0.3, -0.25) is 9.69 Å². The highest BCUT2D eigenvalue weighted by Gasteiger charge is 2.33. The Hall–Kier alpha value is -0.910. The maximum atomic E-state index is 12.4. The van der Waals surface area contributed by atoms with Crippen molar-refractivity contribution in [3.05, 3.63) is 21.9 Å². The Kier molecular flexibility index (Phi) is 4.33. The van der Waals surface area contributed by atoms with E-state index in [0.717, 1.165) is 45.2 Å². The first-order valence-corrected chi connectivity index (χ1v) is 8.68. The van der Waals surface area contributed by atoms with Crippen molar-refractivity contribution in [3.63, 3.8) is 0 Å². The quantitative estimate of drug-likeness (QED) is 0.923. The summed E-state index contributed by atoms with van der Waals surface area (Å²) in [4.78, 5) is 17.8. The van der Waals surface area contributed by atoms with Gasteiger partial charge in [0, 0.05) is 24.5 Å². The molecular formula is C16H24N2O2S. The topological polar surface area (TPSA) is 43.8 Å². The van der Waals surface area contributed by atoms with Gasteiger partial charge in [0.25, 0.3) is 0 Å². The Labute approximate surface area is 130 Å². The lowest BCUT2D eigenvalue weighted by Gasteiger charge is -2.31. The summed E-state index contributed by atoms with van der Waals surface area (Å²) in [6, 6.07) is 2.13. The van der Waals surface area contributed by atoms with Crippen LogP contribution in [0.3, 0.4) is 0 Å². The summed E-state index contributed by atoms with van der Waals surface area (Å²) in [5.41, 5.74) is 0.731. The molecule has 2 heterocycles. The molecule has 1 aliphatic heterocycles. The van der Waals surface area contributed by atoms with Crippen molar-refractivity contribution in [1.29, 1.82) is 0 Å². The second kappa shape index (κ2) is 6.07. The van der Waals surface area contributed by atoms with Crippen LogP contribution in [-0.4, -0.2) is 53.1 Å². The van der Waals surface area contributed by atoms with E-state index in [1.165, 1.54) is 10.4 Å². The van der Waals surface area contributed by atoms with Crippen molar-refractivity contribution in [2.75, 3.05) is 26.7 Å². The Morgan fingerprint density at radius 3 is 3.00 bits per heavy atom. The highest BCUT2D eigenvalue weighted by molar-refractivity contribution is 7.10. The molecule has 3 rings (SSSR count). The monoisotopic (exact) mass is 308 g/mol. The molecule has 21 heavy (non-hydrogen) atoms. The van der Waals surface area contributed by atoms with E-state index in [1.54, 1.807) is 11.3 Å². The van der Waals surface area contributed by atoms with Gasteiger partial charge in [0.15, 0.2) is 0 Å². The van der Waals surface area contributed by atoms with E-state index in [0.29, 0.717) is 13.1 Å². The van der Waals surface area contributed by atoms with Gasteiger partial charge in [0.1, 0.15) is 0 Å². The first kappa shape index (κ1) is 15.0. The zero-order chi connectivity index (χ0) is 14.9. The summed E-state index contributed by atoms with van der Waals surface area (Å²) in [6.45, 7) is 2.58. The predicted molar refractivity (Wildman–Crippen MR) is 84.4 cm³/mol. The van der Waals surface area contributed by atoms with Crippen molar-refractivity contribution in [3.8, 4) is 0 Å². The molecule has 0 atom stereocenters. The lowest BCUT2D eigenvalue weighted by Crippen LogP contribution is -2.45. The Bertz CT molecular complexity index is 508. The minimum Gasteiger partial charge on any atom is -0.389 e. The summed E-state index contributed by atoms with van der Waals surface area (Å²) in [6.07, 6.45) is 4.92. The van der Waals surface area contributed by atoms with Gasteiger partial charge < -0.3 is 10.0 Å². The van der Waals surface area contributed by atoms with E-state index < -0.39 is 5.60 Å². The van der Waals surface area contributed by atoms with Crippen LogP contribution in [0.4, 0.5) is 0 Å². The first-order valence-electron chi connectivity index (χ1n) is 7.80. The van der Waals surface area contributed by atoms with Gasteiger partial charge in [0.2, 0.25) is 5.91 Å². The molecule has 0 radical (unpaired) electrons. The molecule has 2 aliphatic rings. The first-order chi connectivity index (χ1) is 10.1. The third-order valence-corrected chi connectivity index (χ3v) is 5.69. The number of hydrogen-bond acceptors (Lipinski definition) is 4. The molecule has 1 amide bonds. The molecule has 0 bridgehead atoms. The fraction of sp³-hybridized carbons (Fsp3) is 0.688. The largest absolute Gasteiger partial charge is 0.389 e. The average molecular weight is 308 g/mol. The molecule has 0 saturated heterocycles. The summed E-state index contributed by atoms with van der Waals surface area (Å²) in [7, 11) is 1.94. The highest BCUT2D eigenvalue weighted by Crippen LogP contribution is 2.30. The molecule has 1 N–H and O–H groups in total. The van der Waals surface area contributed by atoms with Gasteiger partial charge in [-0.05, 0) is 43.3 Å². The van der Waals surface area contributed by atoms with Crippen molar-refractivity contribution >= 4 is 17.2 Å². The molecule has 1 fully saturated rings. The van der Waals surface area contributed by atoms with E-state index in [2.05, 4.69) is 11.4 Å². The number of likely N-dealkylation sites (N-methyl/N-ethyl adjacent to an activating group) is 1. The van der Waals surface area contributed by atoms with Gasteiger partial charge in [-0.15, -0.1) is 11.3 Å². The normalized spacial score (nSPS) is 20.8. The number of aliphatic hydroxyl groups is 1. The minimum absolute atomic E-state index is 0.177. The molecule has 0 unspecified atom stereocenters. The van der Waals surface area contributed by atoms with Crippen LogP contribution in [-0.2, 0) is 17.8 Å². The van der Waals surface area contributed by atoms with Crippen molar-refractivity contribution < 1.29 is 9.90 Å². The van der Waals surface area contributed by atoms with Crippen LogP contribution < -0.4 is 0 Å². The maximum Gasteiger partial charge on any atom is 0.237 e. The summed E-state index contributed by atoms with van der Waals surface area (Å²) in [5, 5.41) is 12.5. The van der Waals surface area contributed by atoms with Gasteiger partial charge in [-0.1, -0.05) is 12.8 Å². The van der Waals surface area contributed by atoms with Gasteiger partial charge >= 0.3 is 0 Å². The Morgan fingerprint density at radius 2 is 2.24 bits per heavy atom. The van der Waals surface area contributed by atoms with Crippen LogP contribution in [0.2, 0.25) is 0 Å². The summed E-state index contributed by atoms with van der Waals surface area (Å²) in [5.74, 6) is 0.177. The second-order valence-corrected chi connectivity index (χ2v) is 7.54. The van der Waals surface area contributed by atoms with Crippen molar-refractivity contribution in [2.24, 2.45) is 0 Å². The molecule has 1 aliphatic carbocycles. The second-order valence-electron chi connectivity index (χ2n) is 6.54. The number of fused-ring (bicyclic) bond motifs is 1. The molecule has 0 spiro atoms. The number of nitrogens with zero attached hydrogens (tertiary/aromatic N) is 2. The average Bonchev–Trinajstić information content (AvgIpc) is 3.06. The number of rotatable bonds is 4. The number of hydrogen-bond donors (Lipinski definition) is 1. The van der Waals surface area contributed by atoms with Crippen molar-refractivity contribution in [2.45, 2.75) is 44.2 Å². The molecule has 1 saturated carbocycles. The van der Waals surface area contributed by atoms with Crippen molar-refractivity contribution in [1.82, 2.24) is 9.80 Å². The van der Waals surface area contributed by atoms with E-state index in [4.69, 9.17) is 0 Å². The molecular weight excluding hydrogens is 284 g/mol. The van der Waals surface area contributed by atoms with Gasteiger partial charge in [0.05, 0.1) is 12.1 Å². The molecule has 1 aromatic rings. The molecule has 0 aromatic carbocycles. The highest BCUT2D eigenvalue weighted by atomic mass is 32.1. The number of amides is 1. The van der Waals surface area contributed by atoms with Crippen LogP contribution >= 0.6 is 11.3 Å². The Morgan fingerprint density at radius 1 is 1.48 bits per heavy atom. The van der Waals surface area contributed by atoms with E-state index >= 15 is 0 Å². The predicted octanol–water partition coefficient (Wildman–Crippen LogP) is 1.87. The minimum atomic E-state index is -0.572. The third kappa shape index (κ3) is 3.47. The van der Waals surface area contributed by atoms with E-state index in [9.17, 15) is 9.90 Å². The summed E-state index contributed by atoms with van der Waals surface area (Å²) >= 11 is 1.79. The maximum absolute atomic E-state index is 12.4. The Balaban J connectivity index is 1.52. The number of thiophene rings is 1. The molecule has 116 valence electrons. The van der Waals surface area contributed by atoms with E-state index in [-0.39, 0.29) is 5.91 Å². The molecule has 1 aromatic heterocycles. The zero-order valence-electron chi connectivity index (χ0n) is 12.7. The van der Waals surface area contributed by atoms with E-state index in [1.807, 2.05) is 16.8 Å². The fourth-order valence-corrected chi connectivity index (χ4v) is 4.43. The van der Waals surface area contributed by atoms with Crippen LogP contribution in [0.15, 0.2) is 11.4 Å². The lowest BCUT2D eigenvalue weighted by atomic mass is 10.0. The van der Waals surface area contributed by atoms with Gasteiger partial charge in [-0.25, -0.2) is 0 Å². The van der Waals surface area contributed by atoms with Crippen LogP contribution in [0.25, 0.3) is 0 Å². The number of carbonyl (C=O) groups is 1. The van der Waals surface area contributed by atoms with Gasteiger partial charge in [-0.2, -0.15) is 0 Å². The molecule has 5 heteroatoms. The van der Waals surface area contributed by atoms with Crippen LogP contribution in [0.5, 0.6) is 0 Å². The fourth-order valence-electron chi connectivity index (χ4n) is 3.54. The lowest BCUT2D eigenvalue weighted by molar-refractivity contribution is -0.133. The third-order valence-electron chi connectivity index (χ3n) is 4.66. The SMILES string of the molecule is CN(CC(=O)N1CCc2sccc2C1)CC1(O)CCCC1. The summed E-state index contributed by atoms with van der Waals surface area (Å²) < 4.78 is 0. The van der Waals surface area contributed by atoms with Crippen LogP contribution in [0.1, 0.15) is 36.1 Å².